The van der Waals surface area contributed by atoms with Gasteiger partial charge in [0, 0.05) is 23.7 Å². The van der Waals surface area contributed by atoms with E-state index in [2.05, 4.69) is 16.4 Å². The maximum Gasteiger partial charge on any atom is 0.321 e. The number of esters is 1. The van der Waals surface area contributed by atoms with Crippen LogP contribution < -0.4 is 5.32 Å². The van der Waals surface area contributed by atoms with Gasteiger partial charge in [0.2, 0.25) is 10.0 Å². The lowest BCUT2D eigenvalue weighted by atomic mass is 10.0. The number of nitrogens with zero attached hydrogens (tertiary/aromatic N) is 2. The maximum absolute atomic E-state index is 13.3. The van der Waals surface area contributed by atoms with Crippen molar-refractivity contribution in [2.24, 2.45) is 0 Å². The van der Waals surface area contributed by atoms with E-state index in [1.807, 2.05) is 42.5 Å². The fourth-order valence-electron chi connectivity index (χ4n) is 4.11. The minimum atomic E-state index is -3.85. The number of benzene rings is 3. The molecule has 0 unspecified atom stereocenters. The van der Waals surface area contributed by atoms with E-state index in [9.17, 15) is 13.2 Å². The van der Waals surface area contributed by atoms with E-state index in [0.717, 1.165) is 51.3 Å². The minimum absolute atomic E-state index is 0.150. The molecule has 0 saturated heterocycles. The molecule has 0 saturated carbocycles. The summed E-state index contributed by atoms with van der Waals surface area (Å²) in [5.41, 5.74) is 5.62. The van der Waals surface area contributed by atoms with Crippen molar-refractivity contribution in [3.8, 4) is 11.1 Å². The Kier molecular flexibility index (Phi) is 9.87. The predicted octanol–water partition coefficient (Wildman–Crippen LogP) is 5.74. The van der Waals surface area contributed by atoms with Crippen molar-refractivity contribution in [2.45, 2.75) is 30.7 Å². The molecule has 1 heterocycles. The first kappa shape index (κ1) is 28.2. The second-order valence-corrected chi connectivity index (χ2v) is 12.0. The highest BCUT2D eigenvalue weighted by atomic mass is 35.5. The first-order valence-electron chi connectivity index (χ1n) is 12.3. The van der Waals surface area contributed by atoms with Gasteiger partial charge in [-0.25, -0.2) is 13.4 Å². The van der Waals surface area contributed by atoms with Crippen LogP contribution in [0.25, 0.3) is 21.3 Å². The standard InChI is InChI=1S/C28H30ClN3O4S2/c1-36-28(33)19-32(38(34,35)23-11-13-26-27(17-23)37-20-31-26)15-7-3-6-14-30-18-21-10-12-24(25(29)16-21)22-8-4-2-5-9-22/h2,4-5,8-13,16-17,20,30H,3,6-7,14-15,18-19H2,1H3. The van der Waals surface area contributed by atoms with Gasteiger partial charge in [-0.15, -0.1) is 11.3 Å². The van der Waals surface area contributed by atoms with Gasteiger partial charge in [0.15, 0.2) is 0 Å². The summed E-state index contributed by atoms with van der Waals surface area (Å²) in [7, 11) is -2.60. The van der Waals surface area contributed by atoms with E-state index < -0.39 is 16.0 Å². The zero-order valence-electron chi connectivity index (χ0n) is 21.1. The molecule has 1 aromatic heterocycles. The summed E-state index contributed by atoms with van der Waals surface area (Å²) in [4.78, 5) is 16.3. The highest BCUT2D eigenvalue weighted by Crippen LogP contribution is 2.28. The van der Waals surface area contributed by atoms with Crippen molar-refractivity contribution in [1.29, 1.82) is 0 Å². The molecule has 4 rings (SSSR count). The summed E-state index contributed by atoms with van der Waals surface area (Å²) in [6, 6.07) is 21.0. The smallest absolute Gasteiger partial charge is 0.321 e. The van der Waals surface area contributed by atoms with Crippen LogP contribution in [-0.4, -0.2) is 50.4 Å². The molecule has 0 bridgehead atoms. The molecule has 7 nitrogen and oxygen atoms in total. The number of rotatable bonds is 13. The van der Waals surface area contributed by atoms with Crippen molar-refractivity contribution in [1.82, 2.24) is 14.6 Å². The molecule has 3 aromatic carbocycles. The average molecular weight is 572 g/mol. The lowest BCUT2D eigenvalue weighted by Crippen LogP contribution is -2.37. The molecule has 0 radical (unpaired) electrons. The largest absolute Gasteiger partial charge is 0.468 e. The Morgan fingerprint density at radius 1 is 1.05 bits per heavy atom. The van der Waals surface area contributed by atoms with Gasteiger partial charge in [-0.3, -0.25) is 4.79 Å². The number of hydrogen-bond donors (Lipinski definition) is 1. The molecular weight excluding hydrogens is 542 g/mol. The Morgan fingerprint density at radius 2 is 1.87 bits per heavy atom. The van der Waals surface area contributed by atoms with Gasteiger partial charge in [0.05, 0.1) is 27.7 Å². The highest BCUT2D eigenvalue weighted by molar-refractivity contribution is 7.89. The van der Waals surface area contributed by atoms with Crippen LogP contribution in [0.5, 0.6) is 0 Å². The summed E-state index contributed by atoms with van der Waals surface area (Å²) in [5.74, 6) is -0.592. The van der Waals surface area contributed by atoms with Crippen LogP contribution in [-0.2, 0) is 26.1 Å². The van der Waals surface area contributed by atoms with E-state index in [1.165, 1.54) is 28.8 Å². The third-order valence-electron chi connectivity index (χ3n) is 6.18. The van der Waals surface area contributed by atoms with Gasteiger partial charge in [-0.1, -0.05) is 60.5 Å². The summed E-state index contributed by atoms with van der Waals surface area (Å²) >= 11 is 7.88. The third kappa shape index (κ3) is 7.18. The van der Waals surface area contributed by atoms with Crippen LogP contribution >= 0.6 is 22.9 Å². The quantitative estimate of drug-likeness (QED) is 0.163. The molecule has 0 aliphatic carbocycles. The summed E-state index contributed by atoms with van der Waals surface area (Å²) in [6.07, 6.45) is 2.30. The van der Waals surface area contributed by atoms with Crippen LogP contribution in [0.1, 0.15) is 24.8 Å². The third-order valence-corrected chi connectivity index (χ3v) is 9.13. The monoisotopic (exact) mass is 571 g/mol. The molecule has 0 amide bonds. The van der Waals surface area contributed by atoms with Crippen LogP contribution in [0.15, 0.2) is 77.1 Å². The van der Waals surface area contributed by atoms with E-state index in [0.29, 0.717) is 13.0 Å². The van der Waals surface area contributed by atoms with E-state index >= 15 is 0 Å². The number of methoxy groups -OCH3 is 1. The van der Waals surface area contributed by atoms with Crippen molar-refractivity contribution in [2.75, 3.05) is 26.7 Å². The molecule has 0 aliphatic rings. The molecular formula is C28H30ClN3O4S2. The minimum Gasteiger partial charge on any atom is -0.468 e. The number of nitrogens with one attached hydrogen (secondary N) is 1. The number of carbonyl (C=O) groups excluding carboxylic acids is 1. The van der Waals surface area contributed by atoms with Gasteiger partial charge in [0.25, 0.3) is 0 Å². The second kappa shape index (κ2) is 13.3. The first-order valence-corrected chi connectivity index (χ1v) is 15.0. The Morgan fingerprint density at radius 3 is 2.63 bits per heavy atom. The van der Waals surface area contributed by atoms with Gasteiger partial charge in [-0.2, -0.15) is 4.31 Å². The molecule has 0 atom stereocenters. The molecule has 0 spiro atoms. The zero-order valence-corrected chi connectivity index (χ0v) is 23.5. The van der Waals surface area contributed by atoms with Gasteiger partial charge in [0.1, 0.15) is 6.54 Å². The molecule has 4 aromatic rings. The lowest BCUT2D eigenvalue weighted by Gasteiger charge is -2.21. The number of halogens is 1. The number of unbranched alkanes of at least 4 members (excludes halogenated alkanes) is 2. The van der Waals surface area contributed by atoms with Crippen LogP contribution in [0.3, 0.4) is 0 Å². The fraction of sp³-hybridized carbons (Fsp3) is 0.286. The molecule has 10 heteroatoms. The summed E-state index contributed by atoms with van der Waals surface area (Å²) < 4.78 is 33.3. The number of sulfonamides is 1. The molecule has 0 fully saturated rings. The van der Waals surface area contributed by atoms with E-state index in [4.69, 9.17) is 16.3 Å². The number of aromatic nitrogens is 1. The van der Waals surface area contributed by atoms with Crippen LogP contribution in [0.4, 0.5) is 0 Å². The van der Waals surface area contributed by atoms with Crippen molar-refractivity contribution < 1.29 is 17.9 Å². The lowest BCUT2D eigenvalue weighted by molar-refractivity contribution is -0.140. The number of hydrogen-bond acceptors (Lipinski definition) is 7. The first-order chi connectivity index (χ1) is 18.4. The average Bonchev–Trinajstić information content (AvgIpc) is 3.40. The molecule has 38 heavy (non-hydrogen) atoms. The normalized spacial score (nSPS) is 11.8. The summed E-state index contributed by atoms with van der Waals surface area (Å²) in [6.45, 7) is 1.38. The molecule has 0 aliphatic heterocycles. The van der Waals surface area contributed by atoms with Gasteiger partial charge in [-0.05, 0) is 54.8 Å². The number of ether oxygens (including phenoxy) is 1. The Labute approximate surface area is 232 Å². The fourth-order valence-corrected chi connectivity index (χ4v) is 6.66. The number of carbonyl (C=O) groups is 1. The van der Waals surface area contributed by atoms with E-state index in [-0.39, 0.29) is 18.0 Å². The van der Waals surface area contributed by atoms with Crippen LogP contribution in [0, 0.1) is 0 Å². The Bertz CT molecular complexity index is 1480. The second-order valence-electron chi connectivity index (χ2n) is 8.81. The SMILES string of the molecule is COC(=O)CN(CCCCCNCc1ccc(-c2ccccc2)c(Cl)c1)S(=O)(=O)c1ccc2ncsc2c1. The maximum atomic E-state index is 13.3. The molecule has 1 N–H and O–H groups in total. The van der Waals surface area contributed by atoms with E-state index in [1.54, 1.807) is 17.6 Å². The van der Waals surface area contributed by atoms with Crippen molar-refractivity contribution >= 4 is 49.1 Å². The van der Waals surface area contributed by atoms with Crippen LogP contribution in [0.2, 0.25) is 5.02 Å². The number of thiazole rings is 1. The highest BCUT2D eigenvalue weighted by Gasteiger charge is 2.27. The predicted molar refractivity (Wildman–Crippen MR) is 153 cm³/mol. The summed E-state index contributed by atoms with van der Waals surface area (Å²) in [5, 5.41) is 4.14. The van der Waals surface area contributed by atoms with Crippen molar-refractivity contribution in [3.05, 3.63) is 82.8 Å². The zero-order chi connectivity index (χ0) is 27.0. The Hall–Kier alpha value is -2.82. The topological polar surface area (TPSA) is 88.6 Å². The Balaban J connectivity index is 1.26. The molecule has 200 valence electrons. The van der Waals surface area contributed by atoms with Gasteiger partial charge < -0.3 is 10.1 Å². The van der Waals surface area contributed by atoms with Gasteiger partial charge >= 0.3 is 5.97 Å². The number of fused-ring (bicyclic) bond motifs is 1. The van der Waals surface area contributed by atoms with Crippen molar-refractivity contribution in [3.63, 3.8) is 0 Å².